The lowest BCUT2D eigenvalue weighted by Crippen LogP contribution is -2.50. The molecular weight excluding hydrogens is 211 g/mol. The topological polar surface area (TPSA) is 60.9 Å². The van der Waals surface area contributed by atoms with Gasteiger partial charge in [0.25, 0.3) is 10.2 Å². The van der Waals surface area contributed by atoms with Crippen LogP contribution in [0.2, 0.25) is 0 Å². The summed E-state index contributed by atoms with van der Waals surface area (Å²) in [4.78, 5) is 0. The Labute approximate surface area is 83.3 Å². The lowest BCUT2D eigenvalue weighted by atomic mass is 10.3. The van der Waals surface area contributed by atoms with Crippen LogP contribution < -0.4 is 0 Å². The molecule has 0 saturated carbocycles. The zero-order valence-corrected chi connectivity index (χ0v) is 8.87. The molecule has 7 heteroatoms. The van der Waals surface area contributed by atoms with Crippen molar-refractivity contribution in [2.45, 2.75) is 12.5 Å². The van der Waals surface area contributed by atoms with Gasteiger partial charge in [-0.05, 0) is 6.42 Å². The van der Waals surface area contributed by atoms with Gasteiger partial charge in [0.05, 0.1) is 6.10 Å². The molecule has 0 radical (unpaired) electrons. The molecule has 0 aromatic heterocycles. The van der Waals surface area contributed by atoms with Crippen LogP contribution in [0.5, 0.6) is 0 Å². The molecule has 1 heterocycles. The Balaban J connectivity index is 2.68. The van der Waals surface area contributed by atoms with Crippen LogP contribution in [-0.2, 0) is 10.2 Å². The van der Waals surface area contributed by atoms with Gasteiger partial charge in [-0.1, -0.05) is 0 Å². The number of rotatable bonds is 3. The number of halogens is 1. The second-order valence-corrected chi connectivity index (χ2v) is 5.38. The van der Waals surface area contributed by atoms with Crippen molar-refractivity contribution in [2.24, 2.45) is 0 Å². The molecule has 0 amide bonds. The Hall–Kier alpha value is -0.240. The fourth-order valence-electron chi connectivity index (χ4n) is 1.37. The van der Waals surface area contributed by atoms with Gasteiger partial charge in [-0.15, -0.1) is 0 Å². The van der Waals surface area contributed by atoms with Crippen LogP contribution in [-0.4, -0.2) is 61.6 Å². The van der Waals surface area contributed by atoms with Gasteiger partial charge >= 0.3 is 0 Å². The van der Waals surface area contributed by atoms with E-state index >= 15 is 0 Å². The summed E-state index contributed by atoms with van der Waals surface area (Å²) in [5.74, 6) is 0. The molecular formula is C7H15FN2O3S. The number of hydrogen-bond donors (Lipinski definition) is 1. The molecule has 0 aromatic carbocycles. The van der Waals surface area contributed by atoms with Crippen LogP contribution >= 0.6 is 0 Å². The van der Waals surface area contributed by atoms with E-state index in [2.05, 4.69) is 0 Å². The van der Waals surface area contributed by atoms with Gasteiger partial charge in [-0.25, -0.2) is 4.39 Å². The number of nitrogens with zero attached hydrogens (tertiary/aromatic N) is 2. The first-order valence-electron chi connectivity index (χ1n) is 4.44. The number of aliphatic hydroxyl groups is 1. The van der Waals surface area contributed by atoms with Crippen LogP contribution in [0, 0.1) is 0 Å². The summed E-state index contributed by atoms with van der Waals surface area (Å²) < 4.78 is 37.5. The van der Waals surface area contributed by atoms with Crippen LogP contribution in [0.3, 0.4) is 0 Å². The van der Waals surface area contributed by atoms with E-state index in [9.17, 15) is 12.8 Å². The van der Waals surface area contributed by atoms with Crippen molar-refractivity contribution in [2.75, 3.05) is 33.4 Å². The van der Waals surface area contributed by atoms with Gasteiger partial charge in [0.15, 0.2) is 0 Å². The molecule has 1 atom stereocenters. The first-order chi connectivity index (χ1) is 6.48. The van der Waals surface area contributed by atoms with Crippen molar-refractivity contribution in [1.29, 1.82) is 0 Å². The summed E-state index contributed by atoms with van der Waals surface area (Å²) in [6, 6.07) is 0. The summed E-state index contributed by atoms with van der Waals surface area (Å²) >= 11 is 0. The third-order valence-corrected chi connectivity index (χ3v) is 4.15. The van der Waals surface area contributed by atoms with E-state index < -0.39 is 23.0 Å². The first kappa shape index (κ1) is 11.8. The van der Waals surface area contributed by atoms with Crippen molar-refractivity contribution in [1.82, 2.24) is 8.61 Å². The zero-order chi connectivity index (χ0) is 10.8. The van der Waals surface area contributed by atoms with Crippen LogP contribution in [0.4, 0.5) is 4.39 Å². The van der Waals surface area contributed by atoms with Gasteiger partial charge in [-0.2, -0.15) is 17.0 Å². The molecule has 1 aliphatic heterocycles. The molecule has 0 aromatic rings. The van der Waals surface area contributed by atoms with E-state index in [0.29, 0.717) is 19.5 Å². The molecule has 1 saturated heterocycles. The Morgan fingerprint density at radius 3 is 2.71 bits per heavy atom. The highest BCUT2D eigenvalue weighted by atomic mass is 32.2. The van der Waals surface area contributed by atoms with Gasteiger partial charge in [-0.3, -0.25) is 0 Å². The Morgan fingerprint density at radius 2 is 2.14 bits per heavy atom. The van der Waals surface area contributed by atoms with Gasteiger partial charge in [0, 0.05) is 26.7 Å². The van der Waals surface area contributed by atoms with Crippen molar-refractivity contribution in [3.8, 4) is 0 Å². The molecule has 1 unspecified atom stereocenters. The molecule has 84 valence electrons. The quantitative estimate of drug-likeness (QED) is 0.685. The van der Waals surface area contributed by atoms with Crippen LogP contribution in [0.1, 0.15) is 6.42 Å². The second-order valence-electron chi connectivity index (χ2n) is 3.35. The maximum absolute atomic E-state index is 12.0. The summed E-state index contributed by atoms with van der Waals surface area (Å²) in [7, 11) is -1.99. The summed E-state index contributed by atoms with van der Waals surface area (Å²) in [6.45, 7) is -0.257. The largest absolute Gasteiger partial charge is 0.389 e. The lowest BCUT2D eigenvalue weighted by Gasteiger charge is -2.32. The van der Waals surface area contributed by atoms with Crippen molar-refractivity contribution >= 4 is 10.2 Å². The molecule has 14 heavy (non-hydrogen) atoms. The third kappa shape index (κ3) is 2.41. The van der Waals surface area contributed by atoms with Crippen LogP contribution in [0.25, 0.3) is 0 Å². The Morgan fingerprint density at radius 1 is 1.50 bits per heavy atom. The predicted molar refractivity (Wildman–Crippen MR) is 49.7 cm³/mol. The highest BCUT2D eigenvalue weighted by molar-refractivity contribution is 7.86. The van der Waals surface area contributed by atoms with Crippen molar-refractivity contribution in [3.05, 3.63) is 0 Å². The minimum absolute atomic E-state index is 0.164. The highest BCUT2D eigenvalue weighted by Gasteiger charge is 2.31. The summed E-state index contributed by atoms with van der Waals surface area (Å²) in [5.41, 5.74) is 0. The fraction of sp³-hybridized carbons (Fsp3) is 1.00. The van der Waals surface area contributed by atoms with E-state index in [1.165, 1.54) is 11.4 Å². The Kier molecular flexibility index (Phi) is 3.82. The molecule has 1 N–H and O–H groups in total. The third-order valence-electron chi connectivity index (χ3n) is 2.19. The molecule has 1 rings (SSSR count). The average Bonchev–Trinajstić information content (AvgIpc) is 2.13. The highest BCUT2D eigenvalue weighted by Crippen LogP contribution is 2.14. The lowest BCUT2D eigenvalue weighted by molar-refractivity contribution is 0.111. The number of hydrogen-bond acceptors (Lipinski definition) is 3. The van der Waals surface area contributed by atoms with E-state index in [1.54, 1.807) is 0 Å². The molecule has 0 bridgehead atoms. The molecule has 0 spiro atoms. The maximum Gasteiger partial charge on any atom is 0.281 e. The van der Waals surface area contributed by atoms with Gasteiger partial charge in [0.1, 0.15) is 6.67 Å². The molecule has 1 aliphatic rings. The summed E-state index contributed by atoms with van der Waals surface area (Å²) in [6.07, 6.45) is -0.523. The van der Waals surface area contributed by atoms with Crippen LogP contribution in [0.15, 0.2) is 0 Å². The van der Waals surface area contributed by atoms with E-state index in [-0.39, 0.29) is 6.54 Å². The van der Waals surface area contributed by atoms with Gasteiger partial charge < -0.3 is 5.11 Å². The zero-order valence-electron chi connectivity index (χ0n) is 8.06. The minimum atomic E-state index is -3.47. The minimum Gasteiger partial charge on any atom is -0.389 e. The average molecular weight is 226 g/mol. The SMILES string of the molecule is CN1CCCN(CC(O)CF)S1(=O)=O. The van der Waals surface area contributed by atoms with E-state index in [4.69, 9.17) is 5.11 Å². The van der Waals surface area contributed by atoms with E-state index in [0.717, 1.165) is 4.31 Å². The first-order valence-corrected chi connectivity index (χ1v) is 5.83. The standard InChI is InChI=1S/C7H15FN2O3S/c1-9-3-2-4-10(14(9,12)13)6-7(11)5-8/h7,11H,2-6H2,1H3. The normalized spacial score (nSPS) is 26.2. The monoisotopic (exact) mass is 226 g/mol. The summed E-state index contributed by atoms with van der Waals surface area (Å²) in [5, 5.41) is 9.03. The number of alkyl halides is 1. The van der Waals surface area contributed by atoms with Crippen molar-refractivity contribution < 1.29 is 17.9 Å². The van der Waals surface area contributed by atoms with Gasteiger partial charge in [0.2, 0.25) is 0 Å². The second kappa shape index (κ2) is 4.52. The number of β-amino-alcohol motifs (C(OH)–C–C–N with tert-alkyl or cyclic N) is 1. The number of aliphatic hydroxyl groups excluding tert-OH is 1. The molecule has 5 nitrogen and oxygen atoms in total. The predicted octanol–water partition coefficient (Wildman–Crippen LogP) is -0.801. The maximum atomic E-state index is 12.0. The van der Waals surface area contributed by atoms with Crippen molar-refractivity contribution in [3.63, 3.8) is 0 Å². The fourth-order valence-corrected chi connectivity index (χ4v) is 2.84. The smallest absolute Gasteiger partial charge is 0.281 e. The molecule has 0 aliphatic carbocycles. The Bertz CT molecular complexity index is 283. The molecule has 1 fully saturated rings. The van der Waals surface area contributed by atoms with E-state index in [1.807, 2.05) is 0 Å².